The molecular weight excluding hydrogens is 461 g/mol. The summed E-state index contributed by atoms with van der Waals surface area (Å²) in [6.07, 6.45) is 7.01. The van der Waals surface area contributed by atoms with E-state index in [1.54, 1.807) is 23.5 Å². The lowest BCUT2D eigenvalue weighted by Crippen LogP contribution is -2.54. The Morgan fingerprint density at radius 1 is 1.06 bits per heavy atom. The first-order valence-corrected chi connectivity index (χ1v) is 12.4. The van der Waals surface area contributed by atoms with Crippen molar-refractivity contribution in [3.63, 3.8) is 0 Å². The molecule has 4 aromatic heterocycles. The lowest BCUT2D eigenvalue weighted by molar-refractivity contribution is -0.148. The van der Waals surface area contributed by atoms with Gasteiger partial charge in [0.2, 0.25) is 0 Å². The number of halogens is 1. The molecule has 0 bridgehead atoms. The largest absolute Gasteiger partial charge is 0.340 e. The van der Waals surface area contributed by atoms with Crippen molar-refractivity contribution in [1.29, 1.82) is 0 Å². The van der Waals surface area contributed by atoms with E-state index in [9.17, 15) is 4.79 Å². The number of nitrogens with zero attached hydrogens (tertiary/aromatic N) is 8. The van der Waals surface area contributed by atoms with Gasteiger partial charge in [0.15, 0.2) is 17.1 Å². The van der Waals surface area contributed by atoms with Crippen LogP contribution in [0.3, 0.4) is 0 Å². The van der Waals surface area contributed by atoms with Crippen LogP contribution in [0, 0.1) is 0 Å². The number of H-pyrrole nitrogens is 1. The Morgan fingerprint density at radius 2 is 1.86 bits per heavy atom. The molecule has 2 fully saturated rings. The van der Waals surface area contributed by atoms with Crippen molar-refractivity contribution >= 4 is 17.1 Å². The molecule has 0 aromatic carbocycles. The van der Waals surface area contributed by atoms with Gasteiger partial charge in [0.25, 0.3) is 5.91 Å². The third kappa shape index (κ3) is 4.23. The van der Waals surface area contributed by atoms with E-state index in [0.717, 1.165) is 28.4 Å². The molecule has 0 saturated carbocycles. The third-order valence-corrected chi connectivity index (χ3v) is 7.34. The van der Waals surface area contributed by atoms with E-state index in [1.165, 1.54) is 0 Å². The van der Waals surface area contributed by atoms with Gasteiger partial charge in [-0.2, -0.15) is 15.4 Å². The number of hydrogen-bond donors (Lipinski definition) is 1. The van der Waals surface area contributed by atoms with Gasteiger partial charge in [-0.25, -0.2) is 14.4 Å². The summed E-state index contributed by atoms with van der Waals surface area (Å²) >= 11 is 0. The summed E-state index contributed by atoms with van der Waals surface area (Å²) in [5, 5.41) is 10.5. The van der Waals surface area contributed by atoms with Crippen LogP contribution in [-0.4, -0.2) is 82.5 Å². The van der Waals surface area contributed by atoms with Gasteiger partial charge in [-0.1, -0.05) is 6.07 Å². The number of likely N-dealkylation sites (tertiary alicyclic amines) is 2. The minimum absolute atomic E-state index is 0.103. The molecule has 10 nitrogen and oxygen atoms in total. The van der Waals surface area contributed by atoms with Crippen LogP contribution in [0.25, 0.3) is 22.7 Å². The molecule has 1 amide bonds. The van der Waals surface area contributed by atoms with Crippen LogP contribution in [0.15, 0.2) is 48.9 Å². The number of amides is 1. The second-order valence-corrected chi connectivity index (χ2v) is 9.59. The van der Waals surface area contributed by atoms with Crippen LogP contribution in [0.5, 0.6) is 0 Å². The highest BCUT2D eigenvalue weighted by molar-refractivity contribution is 5.85. The highest BCUT2D eigenvalue weighted by Crippen LogP contribution is 2.35. The normalized spacial score (nSPS) is 19.1. The Kier molecular flexibility index (Phi) is 5.92. The van der Waals surface area contributed by atoms with Crippen LogP contribution in [0.2, 0.25) is 0 Å². The predicted molar refractivity (Wildman–Crippen MR) is 130 cm³/mol. The number of imidazole rings is 1. The van der Waals surface area contributed by atoms with E-state index >= 15 is 4.39 Å². The Labute approximate surface area is 207 Å². The standard InChI is InChI=1S/C25H28FN9O/c26-25(8-14-33(15-9-25)17-18-16-29-32-31-18)24(36)34-12-6-19(7-13-34)35-22-21(5-3-11-28-22)30-23(35)20-4-1-2-10-27-20/h1-5,10-11,16,19H,6-9,12-15,17H2,(H,29,31,32). The van der Waals surface area contributed by atoms with Gasteiger partial charge in [0, 0.05) is 64.0 Å². The van der Waals surface area contributed by atoms with Gasteiger partial charge in [-0.15, -0.1) is 0 Å². The average molecular weight is 490 g/mol. The van der Waals surface area contributed by atoms with Gasteiger partial charge in [0.05, 0.1) is 11.9 Å². The van der Waals surface area contributed by atoms with Crippen molar-refractivity contribution in [1.82, 2.24) is 44.7 Å². The molecule has 0 aliphatic carbocycles. The van der Waals surface area contributed by atoms with Crippen molar-refractivity contribution in [3.8, 4) is 11.5 Å². The SMILES string of the molecule is O=C(N1CCC(n2c(-c3ccccn3)nc3cccnc32)CC1)C1(F)CCN(Cc2cn[nH]n2)CC1. The maximum Gasteiger partial charge on any atom is 0.260 e. The second-order valence-electron chi connectivity index (χ2n) is 9.59. The molecule has 6 heterocycles. The molecule has 0 spiro atoms. The Bertz CT molecular complexity index is 1320. The van der Waals surface area contributed by atoms with Crippen molar-refractivity contribution in [2.75, 3.05) is 26.2 Å². The molecule has 0 radical (unpaired) electrons. The molecule has 186 valence electrons. The number of carbonyl (C=O) groups excluding carboxylic acids is 1. The topological polar surface area (TPSA) is 109 Å². The first-order chi connectivity index (χ1) is 17.6. The van der Waals surface area contributed by atoms with Crippen molar-refractivity contribution in [2.45, 2.75) is 43.9 Å². The summed E-state index contributed by atoms with van der Waals surface area (Å²) in [5.41, 5.74) is 1.42. The zero-order valence-electron chi connectivity index (χ0n) is 19.9. The molecule has 2 aliphatic rings. The summed E-state index contributed by atoms with van der Waals surface area (Å²) in [6, 6.07) is 9.69. The highest BCUT2D eigenvalue weighted by atomic mass is 19.1. The number of carbonyl (C=O) groups is 1. The zero-order valence-corrected chi connectivity index (χ0v) is 19.9. The fourth-order valence-corrected chi connectivity index (χ4v) is 5.37. The van der Waals surface area contributed by atoms with E-state index in [0.29, 0.717) is 45.6 Å². The number of rotatable bonds is 5. The number of fused-ring (bicyclic) bond motifs is 1. The minimum atomic E-state index is -1.81. The lowest BCUT2D eigenvalue weighted by Gasteiger charge is -2.40. The van der Waals surface area contributed by atoms with E-state index in [4.69, 9.17) is 4.98 Å². The minimum Gasteiger partial charge on any atom is -0.340 e. The molecule has 4 aromatic rings. The number of piperidine rings is 2. The molecule has 2 saturated heterocycles. The smallest absolute Gasteiger partial charge is 0.260 e. The van der Waals surface area contributed by atoms with Crippen LogP contribution >= 0.6 is 0 Å². The summed E-state index contributed by atoms with van der Waals surface area (Å²) in [4.78, 5) is 31.0. The van der Waals surface area contributed by atoms with E-state index < -0.39 is 5.67 Å². The summed E-state index contributed by atoms with van der Waals surface area (Å²) in [6.45, 7) is 2.66. The van der Waals surface area contributed by atoms with Gasteiger partial charge in [-0.05, 0) is 37.1 Å². The van der Waals surface area contributed by atoms with Gasteiger partial charge in [0.1, 0.15) is 11.2 Å². The van der Waals surface area contributed by atoms with Crippen LogP contribution in [0.4, 0.5) is 4.39 Å². The lowest BCUT2D eigenvalue weighted by atomic mass is 9.90. The summed E-state index contributed by atoms with van der Waals surface area (Å²) < 4.78 is 17.9. The Morgan fingerprint density at radius 3 is 2.58 bits per heavy atom. The first-order valence-electron chi connectivity index (χ1n) is 12.4. The molecular formula is C25H28FN9O. The number of aromatic amines is 1. The van der Waals surface area contributed by atoms with Crippen molar-refractivity contribution in [2.24, 2.45) is 0 Å². The second kappa shape index (κ2) is 9.38. The van der Waals surface area contributed by atoms with Crippen molar-refractivity contribution < 1.29 is 9.18 Å². The molecule has 0 unspecified atom stereocenters. The number of hydrogen-bond acceptors (Lipinski definition) is 7. The quantitative estimate of drug-likeness (QED) is 0.459. The maximum absolute atomic E-state index is 15.8. The molecule has 36 heavy (non-hydrogen) atoms. The fraction of sp³-hybridized carbons (Fsp3) is 0.440. The average Bonchev–Trinajstić information content (AvgIpc) is 3.58. The van der Waals surface area contributed by atoms with Crippen molar-refractivity contribution in [3.05, 3.63) is 54.6 Å². The monoisotopic (exact) mass is 489 g/mol. The van der Waals surface area contributed by atoms with Crippen LogP contribution in [0.1, 0.15) is 37.4 Å². The van der Waals surface area contributed by atoms with Crippen LogP contribution in [-0.2, 0) is 11.3 Å². The van der Waals surface area contributed by atoms with Gasteiger partial charge < -0.3 is 9.47 Å². The maximum atomic E-state index is 15.8. The third-order valence-electron chi connectivity index (χ3n) is 7.34. The van der Waals surface area contributed by atoms with Gasteiger partial charge in [-0.3, -0.25) is 14.7 Å². The molecule has 1 N–H and O–H groups in total. The fourth-order valence-electron chi connectivity index (χ4n) is 5.37. The summed E-state index contributed by atoms with van der Waals surface area (Å²) in [5.74, 6) is 0.399. The molecule has 2 aliphatic heterocycles. The number of alkyl halides is 1. The Balaban J connectivity index is 1.14. The van der Waals surface area contributed by atoms with Crippen LogP contribution < -0.4 is 0 Å². The van der Waals surface area contributed by atoms with E-state index in [-0.39, 0.29) is 24.8 Å². The van der Waals surface area contributed by atoms with E-state index in [1.807, 2.05) is 30.3 Å². The molecule has 6 rings (SSSR count). The summed E-state index contributed by atoms with van der Waals surface area (Å²) in [7, 11) is 0. The predicted octanol–water partition coefficient (Wildman–Crippen LogP) is 2.78. The molecule has 11 heteroatoms. The number of aromatic nitrogens is 7. The Hall–Kier alpha value is -3.73. The number of nitrogens with one attached hydrogen (secondary N) is 1. The number of pyridine rings is 2. The van der Waals surface area contributed by atoms with E-state index in [2.05, 4.69) is 34.8 Å². The first kappa shape index (κ1) is 22.7. The van der Waals surface area contributed by atoms with Gasteiger partial charge >= 0.3 is 0 Å². The zero-order chi connectivity index (χ0) is 24.5. The highest BCUT2D eigenvalue weighted by Gasteiger charge is 2.45. The molecule has 0 atom stereocenters.